The van der Waals surface area contributed by atoms with Gasteiger partial charge in [0, 0.05) is 40.8 Å². The summed E-state index contributed by atoms with van der Waals surface area (Å²) in [5.41, 5.74) is 2.20. The maximum absolute atomic E-state index is 10.8. The number of nitrogens with one attached hydrogen (secondary N) is 1. The van der Waals surface area contributed by atoms with Gasteiger partial charge in [-0.05, 0) is 60.7 Å². The van der Waals surface area contributed by atoms with Gasteiger partial charge in [-0.2, -0.15) is 5.10 Å². The van der Waals surface area contributed by atoms with Crippen LogP contribution in [0.15, 0.2) is 82.6 Å². The second kappa shape index (κ2) is 11.0. The second-order valence-electron chi connectivity index (χ2n) is 6.21. The number of H-pyrrole nitrogens is 1. The molecule has 0 bridgehead atoms. The summed E-state index contributed by atoms with van der Waals surface area (Å²) in [5, 5.41) is 25.6. The number of pyridine rings is 2. The fourth-order valence-electron chi connectivity index (χ4n) is 2.47. The van der Waals surface area contributed by atoms with E-state index in [2.05, 4.69) is 30.4 Å². The Hall–Kier alpha value is -3.32. The van der Waals surface area contributed by atoms with Crippen LogP contribution in [0.2, 0.25) is 0 Å². The van der Waals surface area contributed by atoms with E-state index >= 15 is 0 Å². The first-order valence-electron chi connectivity index (χ1n) is 9.29. The Morgan fingerprint density at radius 2 is 1.58 bits per heavy atom. The minimum atomic E-state index is -0.929. The van der Waals surface area contributed by atoms with E-state index in [1.165, 1.54) is 34.4 Å². The van der Waals surface area contributed by atoms with E-state index in [-0.39, 0.29) is 5.56 Å². The minimum absolute atomic E-state index is 0.271. The minimum Gasteiger partial charge on any atom is -0.478 e. The Balaban J connectivity index is 0.000000183. The average molecular weight is 511 g/mol. The van der Waals surface area contributed by atoms with Crippen molar-refractivity contribution in [2.75, 3.05) is 0 Å². The molecule has 0 radical (unpaired) electrons. The molecule has 0 saturated heterocycles. The highest BCUT2D eigenvalue weighted by atomic mass is 32.2. The lowest BCUT2D eigenvalue weighted by molar-refractivity contribution is 0.0697. The van der Waals surface area contributed by atoms with Crippen LogP contribution in [0.1, 0.15) is 10.4 Å². The van der Waals surface area contributed by atoms with Crippen molar-refractivity contribution in [3.8, 4) is 21.1 Å². The van der Waals surface area contributed by atoms with E-state index in [0.717, 1.165) is 30.4 Å². The maximum atomic E-state index is 10.8. The number of carbonyl (C=O) groups is 1. The monoisotopic (exact) mass is 510 g/mol. The zero-order valence-corrected chi connectivity index (χ0v) is 19.9. The van der Waals surface area contributed by atoms with Gasteiger partial charge in [0.05, 0.1) is 5.56 Å². The summed E-state index contributed by atoms with van der Waals surface area (Å²) >= 11 is 9.29. The largest absolute Gasteiger partial charge is 0.478 e. The summed E-state index contributed by atoms with van der Waals surface area (Å²) in [5.74, 6) is -0.929. The number of carboxylic acid groups (broad SMARTS) is 1. The van der Waals surface area contributed by atoms with Crippen LogP contribution >= 0.6 is 46.7 Å². The smallest absolute Gasteiger partial charge is 0.335 e. The number of aromatic amines is 1. The Morgan fingerprint density at radius 1 is 0.909 bits per heavy atom. The molecule has 5 rings (SSSR count). The summed E-state index contributed by atoms with van der Waals surface area (Å²) in [6.07, 6.45) is 6.96. The highest BCUT2D eigenvalue weighted by Gasteiger charge is 2.09. The van der Waals surface area contributed by atoms with Crippen LogP contribution in [-0.2, 0) is 0 Å². The van der Waals surface area contributed by atoms with Crippen molar-refractivity contribution >= 4 is 52.6 Å². The van der Waals surface area contributed by atoms with Crippen LogP contribution in [0.5, 0.6) is 0 Å². The molecule has 0 amide bonds. The van der Waals surface area contributed by atoms with E-state index in [0.29, 0.717) is 3.95 Å². The van der Waals surface area contributed by atoms with Gasteiger partial charge in [0.15, 0.2) is 8.29 Å². The normalized spacial score (nSPS) is 10.3. The summed E-state index contributed by atoms with van der Waals surface area (Å²) in [6, 6.07) is 14.3. The first-order chi connectivity index (χ1) is 16.1. The predicted molar refractivity (Wildman–Crippen MR) is 131 cm³/mol. The lowest BCUT2D eigenvalue weighted by Crippen LogP contribution is -1.94. The molecule has 0 spiro atoms. The molecule has 2 N–H and O–H groups in total. The molecule has 0 aliphatic rings. The molecule has 5 aromatic rings. The molecule has 8 nitrogen and oxygen atoms in total. The quantitative estimate of drug-likeness (QED) is 0.287. The summed E-state index contributed by atoms with van der Waals surface area (Å²) < 4.78 is 1.49. The van der Waals surface area contributed by atoms with E-state index in [4.69, 9.17) is 17.3 Å². The van der Waals surface area contributed by atoms with Gasteiger partial charge in [0.25, 0.3) is 0 Å². The Kier molecular flexibility index (Phi) is 7.62. The Labute approximate surface area is 205 Å². The van der Waals surface area contributed by atoms with Crippen molar-refractivity contribution in [1.82, 2.24) is 30.4 Å². The van der Waals surface area contributed by atoms with Crippen molar-refractivity contribution in [2.24, 2.45) is 0 Å². The first-order valence-corrected chi connectivity index (χ1v) is 12.2. The van der Waals surface area contributed by atoms with Gasteiger partial charge >= 0.3 is 5.97 Å². The Bertz CT molecular complexity index is 1390. The molecule has 33 heavy (non-hydrogen) atoms. The molecule has 1 aromatic carbocycles. The third-order valence-electron chi connectivity index (χ3n) is 3.97. The van der Waals surface area contributed by atoms with Gasteiger partial charge in [0.1, 0.15) is 10.0 Å². The third-order valence-corrected chi connectivity index (χ3v) is 7.14. The molecule has 0 atom stereocenters. The van der Waals surface area contributed by atoms with Crippen molar-refractivity contribution in [3.63, 3.8) is 0 Å². The van der Waals surface area contributed by atoms with Crippen molar-refractivity contribution < 1.29 is 9.90 Å². The summed E-state index contributed by atoms with van der Waals surface area (Å²) in [6.45, 7) is 0. The van der Waals surface area contributed by atoms with Gasteiger partial charge in [-0.25, -0.2) is 4.79 Å². The second-order valence-corrected chi connectivity index (χ2v) is 10.2. The fraction of sp³-hybridized carbons (Fsp3) is 0. The first kappa shape index (κ1) is 22.9. The number of rotatable bonds is 5. The van der Waals surface area contributed by atoms with E-state index in [1.54, 1.807) is 49.1 Å². The number of nitrogens with zero attached hydrogens (tertiary/aromatic N) is 5. The number of hydrogen-bond acceptors (Lipinski definition) is 10. The highest BCUT2D eigenvalue weighted by Crippen LogP contribution is 2.33. The summed E-state index contributed by atoms with van der Waals surface area (Å²) in [7, 11) is 0. The van der Waals surface area contributed by atoms with Gasteiger partial charge in [-0.15, -0.1) is 10.2 Å². The van der Waals surface area contributed by atoms with E-state index in [9.17, 15) is 4.79 Å². The van der Waals surface area contributed by atoms with Crippen LogP contribution in [0, 0.1) is 3.95 Å². The van der Waals surface area contributed by atoms with Crippen LogP contribution in [0.3, 0.4) is 0 Å². The van der Waals surface area contributed by atoms with Gasteiger partial charge in [-0.3, -0.25) is 15.1 Å². The van der Waals surface area contributed by atoms with Gasteiger partial charge in [0.2, 0.25) is 0 Å². The lowest BCUT2D eigenvalue weighted by atomic mass is 10.2. The molecule has 12 heteroatoms. The van der Waals surface area contributed by atoms with E-state index < -0.39 is 5.97 Å². The lowest BCUT2D eigenvalue weighted by Gasteiger charge is -1.98. The number of hydrogen-bond donors (Lipinski definition) is 2. The number of aromatic carboxylic acids is 1. The predicted octanol–water partition coefficient (Wildman–Crippen LogP) is 5.71. The number of carboxylic acids is 1. The van der Waals surface area contributed by atoms with Crippen LogP contribution in [0.25, 0.3) is 21.1 Å². The molecule has 0 aliphatic heterocycles. The number of aromatic nitrogens is 6. The molecular weight excluding hydrogens is 497 g/mol. The topological polar surface area (TPSA) is 118 Å². The van der Waals surface area contributed by atoms with Gasteiger partial charge in [-0.1, -0.05) is 34.4 Å². The maximum Gasteiger partial charge on any atom is 0.335 e. The molecule has 4 heterocycles. The molecule has 0 unspecified atom stereocenters. The fourth-order valence-corrected chi connectivity index (χ4v) is 5.16. The van der Waals surface area contributed by atoms with Crippen LogP contribution < -0.4 is 0 Å². The van der Waals surface area contributed by atoms with Gasteiger partial charge < -0.3 is 5.11 Å². The average Bonchev–Trinajstić information content (AvgIpc) is 3.50. The van der Waals surface area contributed by atoms with E-state index in [1.807, 2.05) is 24.3 Å². The number of benzene rings is 1. The van der Waals surface area contributed by atoms with Crippen molar-refractivity contribution in [1.29, 1.82) is 0 Å². The molecule has 4 aromatic heterocycles. The van der Waals surface area contributed by atoms with Crippen molar-refractivity contribution in [2.45, 2.75) is 9.24 Å². The SMILES string of the molecule is O=C(O)c1ccc(Sc2nnc(-c3cccnc3)s2)cc1.S=c1[nH]nc(-c2cccnc2)s1. The standard InChI is InChI=1S/C14H9N3O2S2.C7H5N3S2/c18-13(19)9-3-5-11(6-4-9)20-14-17-16-12(21-14)10-2-1-7-15-8-10;11-7-10-9-6(12-7)5-2-1-3-8-4-5/h1-8H,(H,18,19);1-4H,(H,10,11). The Morgan fingerprint density at radius 3 is 2.12 bits per heavy atom. The molecular formula is C21H14N6O2S4. The molecule has 0 saturated carbocycles. The molecule has 164 valence electrons. The highest BCUT2D eigenvalue weighted by molar-refractivity contribution is 8.01. The van der Waals surface area contributed by atoms with Crippen LogP contribution in [-0.4, -0.2) is 41.4 Å². The third kappa shape index (κ3) is 6.35. The molecule has 0 aliphatic carbocycles. The zero-order chi connectivity index (χ0) is 23.0. The summed E-state index contributed by atoms with van der Waals surface area (Å²) in [4.78, 5) is 19.8. The van der Waals surface area contributed by atoms with Crippen LogP contribution in [0.4, 0.5) is 0 Å². The zero-order valence-electron chi connectivity index (χ0n) is 16.7. The molecule has 0 fully saturated rings. The van der Waals surface area contributed by atoms with Crippen molar-refractivity contribution in [3.05, 3.63) is 82.8 Å².